The van der Waals surface area contributed by atoms with Gasteiger partial charge in [-0.05, 0) is 36.4 Å². The SMILES string of the molecule is N#Cc1c(COC(=O)c2cccnc2SCC(=O)Nc2ccc3c(c2)OCO3)cn2ccccc12. The van der Waals surface area contributed by atoms with Crippen molar-refractivity contribution in [3.8, 4) is 17.6 Å². The first-order chi connectivity index (χ1) is 17.1. The molecule has 10 heteroatoms. The molecule has 1 aromatic carbocycles. The van der Waals surface area contributed by atoms with E-state index in [9.17, 15) is 14.9 Å². The summed E-state index contributed by atoms with van der Waals surface area (Å²) in [6.07, 6.45) is 5.13. The Balaban J connectivity index is 1.22. The van der Waals surface area contributed by atoms with Crippen LogP contribution < -0.4 is 14.8 Å². The molecule has 0 fully saturated rings. The maximum absolute atomic E-state index is 12.8. The van der Waals surface area contributed by atoms with E-state index in [0.29, 0.717) is 33.3 Å². The third-order valence-corrected chi connectivity index (χ3v) is 6.23. The molecule has 1 N–H and O–H groups in total. The van der Waals surface area contributed by atoms with Crippen LogP contribution in [0.15, 0.2) is 72.1 Å². The Labute approximate surface area is 204 Å². The number of nitrogens with zero attached hydrogens (tertiary/aromatic N) is 3. The van der Waals surface area contributed by atoms with Gasteiger partial charge >= 0.3 is 5.97 Å². The maximum Gasteiger partial charge on any atom is 0.341 e. The van der Waals surface area contributed by atoms with Gasteiger partial charge in [-0.15, -0.1) is 0 Å². The van der Waals surface area contributed by atoms with Crippen LogP contribution in [0.3, 0.4) is 0 Å². The smallest absolute Gasteiger partial charge is 0.341 e. The van der Waals surface area contributed by atoms with Crippen molar-refractivity contribution in [1.82, 2.24) is 9.38 Å². The van der Waals surface area contributed by atoms with Crippen molar-refractivity contribution >= 4 is 34.8 Å². The average molecular weight is 487 g/mol. The third-order valence-electron chi connectivity index (χ3n) is 5.22. The molecule has 35 heavy (non-hydrogen) atoms. The largest absolute Gasteiger partial charge is 0.457 e. The molecule has 0 spiro atoms. The minimum Gasteiger partial charge on any atom is -0.457 e. The second kappa shape index (κ2) is 9.79. The molecule has 0 aliphatic carbocycles. The number of thioether (sulfide) groups is 1. The number of carbonyl (C=O) groups excluding carboxylic acids is 2. The number of hydrogen-bond donors (Lipinski definition) is 1. The van der Waals surface area contributed by atoms with Crippen LogP contribution in [0.25, 0.3) is 5.52 Å². The van der Waals surface area contributed by atoms with Gasteiger partial charge in [-0.2, -0.15) is 5.26 Å². The van der Waals surface area contributed by atoms with Gasteiger partial charge in [-0.25, -0.2) is 9.78 Å². The molecule has 4 aromatic rings. The number of fused-ring (bicyclic) bond motifs is 2. The fraction of sp³-hybridized carbons (Fsp3) is 0.120. The second-order valence-electron chi connectivity index (χ2n) is 7.47. The highest BCUT2D eigenvalue weighted by Crippen LogP contribution is 2.34. The number of nitrogens with one attached hydrogen (secondary N) is 1. The zero-order valence-electron chi connectivity index (χ0n) is 18.3. The minimum atomic E-state index is -0.587. The van der Waals surface area contributed by atoms with E-state index >= 15 is 0 Å². The van der Waals surface area contributed by atoms with Crippen molar-refractivity contribution in [1.29, 1.82) is 5.26 Å². The van der Waals surface area contributed by atoms with Gasteiger partial charge in [0.15, 0.2) is 11.5 Å². The van der Waals surface area contributed by atoms with Gasteiger partial charge in [0.25, 0.3) is 0 Å². The monoisotopic (exact) mass is 486 g/mol. The summed E-state index contributed by atoms with van der Waals surface area (Å²) in [7, 11) is 0. The molecular weight excluding hydrogens is 468 g/mol. The number of amides is 1. The van der Waals surface area contributed by atoms with Crippen LogP contribution in [-0.2, 0) is 16.1 Å². The highest BCUT2D eigenvalue weighted by molar-refractivity contribution is 8.00. The van der Waals surface area contributed by atoms with E-state index in [2.05, 4.69) is 16.4 Å². The Bertz CT molecular complexity index is 1480. The Morgan fingerprint density at radius 3 is 2.94 bits per heavy atom. The molecule has 4 heterocycles. The fourth-order valence-corrected chi connectivity index (χ4v) is 4.39. The Morgan fingerprint density at radius 2 is 2.06 bits per heavy atom. The summed E-state index contributed by atoms with van der Waals surface area (Å²) in [4.78, 5) is 29.5. The van der Waals surface area contributed by atoms with Crippen LogP contribution in [0.2, 0.25) is 0 Å². The van der Waals surface area contributed by atoms with Gasteiger partial charge in [-0.3, -0.25) is 4.79 Å². The second-order valence-corrected chi connectivity index (χ2v) is 8.44. The van der Waals surface area contributed by atoms with Crippen LogP contribution in [0.5, 0.6) is 11.5 Å². The first kappa shape index (κ1) is 22.3. The number of hydrogen-bond acceptors (Lipinski definition) is 8. The van der Waals surface area contributed by atoms with E-state index in [-0.39, 0.29) is 30.6 Å². The quantitative estimate of drug-likeness (QED) is 0.308. The lowest BCUT2D eigenvalue weighted by atomic mass is 10.2. The van der Waals surface area contributed by atoms with Gasteiger partial charge in [0, 0.05) is 35.9 Å². The molecule has 174 valence electrons. The lowest BCUT2D eigenvalue weighted by Crippen LogP contribution is -2.15. The molecule has 0 radical (unpaired) electrons. The van der Waals surface area contributed by atoms with Crippen molar-refractivity contribution < 1.29 is 23.8 Å². The molecule has 5 rings (SSSR count). The Hall–Kier alpha value is -4.49. The number of aromatic nitrogens is 2. The molecule has 0 saturated carbocycles. The summed E-state index contributed by atoms with van der Waals surface area (Å²) in [5.41, 5.74) is 2.63. The average Bonchev–Trinajstić information content (AvgIpc) is 3.49. The minimum absolute atomic E-state index is 0.0369. The predicted molar refractivity (Wildman–Crippen MR) is 127 cm³/mol. The van der Waals surface area contributed by atoms with Crippen LogP contribution >= 0.6 is 11.8 Å². The molecular formula is C25H18N4O5S. The molecule has 0 bridgehead atoms. The summed E-state index contributed by atoms with van der Waals surface area (Å²) >= 11 is 1.12. The zero-order valence-corrected chi connectivity index (χ0v) is 19.1. The lowest BCUT2D eigenvalue weighted by molar-refractivity contribution is -0.113. The van der Waals surface area contributed by atoms with E-state index < -0.39 is 5.97 Å². The number of esters is 1. The number of pyridine rings is 2. The van der Waals surface area contributed by atoms with E-state index in [1.54, 1.807) is 42.7 Å². The molecule has 3 aromatic heterocycles. The molecule has 1 aliphatic heterocycles. The molecule has 1 aliphatic rings. The lowest BCUT2D eigenvalue weighted by Gasteiger charge is -2.09. The maximum atomic E-state index is 12.8. The molecule has 0 unspecified atom stereocenters. The van der Waals surface area contributed by atoms with Crippen molar-refractivity contribution in [3.05, 3.63) is 83.8 Å². The van der Waals surface area contributed by atoms with Crippen molar-refractivity contribution in [2.75, 3.05) is 17.9 Å². The zero-order chi connectivity index (χ0) is 24.2. The summed E-state index contributed by atoms with van der Waals surface area (Å²) in [5.74, 6) is 0.383. The van der Waals surface area contributed by atoms with Crippen LogP contribution in [-0.4, -0.2) is 33.8 Å². The van der Waals surface area contributed by atoms with E-state index in [4.69, 9.17) is 14.2 Å². The summed E-state index contributed by atoms with van der Waals surface area (Å²) in [5, 5.41) is 12.7. The van der Waals surface area contributed by atoms with Crippen LogP contribution in [0, 0.1) is 11.3 Å². The molecule has 0 atom stereocenters. The van der Waals surface area contributed by atoms with E-state index in [1.807, 2.05) is 28.8 Å². The van der Waals surface area contributed by atoms with Crippen molar-refractivity contribution in [2.45, 2.75) is 11.6 Å². The Morgan fingerprint density at radius 1 is 1.17 bits per heavy atom. The number of ether oxygens (including phenoxy) is 3. The number of anilines is 1. The van der Waals surface area contributed by atoms with E-state index in [0.717, 1.165) is 17.3 Å². The number of benzene rings is 1. The van der Waals surface area contributed by atoms with Gasteiger partial charge < -0.3 is 23.9 Å². The third kappa shape index (κ3) is 4.76. The van der Waals surface area contributed by atoms with Gasteiger partial charge in [0.2, 0.25) is 12.7 Å². The number of carbonyl (C=O) groups is 2. The fourth-order valence-electron chi connectivity index (χ4n) is 3.60. The number of nitriles is 1. The number of rotatable bonds is 7. The Kier molecular flexibility index (Phi) is 6.24. The highest BCUT2D eigenvalue weighted by Gasteiger charge is 2.18. The summed E-state index contributed by atoms with van der Waals surface area (Å²) < 4.78 is 17.9. The van der Waals surface area contributed by atoms with E-state index in [1.165, 1.54) is 0 Å². The first-order valence-electron chi connectivity index (χ1n) is 10.6. The van der Waals surface area contributed by atoms with Gasteiger partial charge in [-0.1, -0.05) is 17.8 Å². The first-order valence-corrected chi connectivity index (χ1v) is 11.5. The topological polar surface area (TPSA) is 115 Å². The summed E-state index contributed by atoms with van der Waals surface area (Å²) in [6, 6.07) is 16.1. The molecule has 0 saturated heterocycles. The van der Waals surface area contributed by atoms with Crippen molar-refractivity contribution in [2.24, 2.45) is 0 Å². The highest BCUT2D eigenvalue weighted by atomic mass is 32.2. The van der Waals surface area contributed by atoms with Crippen LogP contribution in [0.4, 0.5) is 5.69 Å². The standard InChI is InChI=1S/C25H18N4O5S/c26-11-19-16(12-29-9-2-1-5-20(19)29)13-32-25(31)18-4-3-8-27-24(18)35-14-23(30)28-17-6-7-21-22(10-17)34-15-33-21/h1-10,12H,13-15H2,(H,28,30). The molecule has 9 nitrogen and oxygen atoms in total. The van der Waals surface area contributed by atoms with Crippen molar-refractivity contribution in [3.63, 3.8) is 0 Å². The van der Waals surface area contributed by atoms with Crippen LogP contribution in [0.1, 0.15) is 21.5 Å². The summed E-state index contributed by atoms with van der Waals surface area (Å²) in [6.45, 7) is 0.0903. The normalized spacial score (nSPS) is 11.7. The molecule has 1 amide bonds. The van der Waals surface area contributed by atoms with Gasteiger partial charge in [0.05, 0.1) is 22.4 Å². The van der Waals surface area contributed by atoms with Gasteiger partial charge in [0.1, 0.15) is 17.7 Å². The predicted octanol–water partition coefficient (Wildman–Crippen LogP) is 4.02.